The minimum atomic E-state index is -0.540. The third-order valence-electron chi connectivity index (χ3n) is 3.24. The first-order valence-corrected chi connectivity index (χ1v) is 5.76. The molecule has 0 aromatic carbocycles. The van der Waals surface area contributed by atoms with Gasteiger partial charge in [-0.2, -0.15) is 0 Å². The summed E-state index contributed by atoms with van der Waals surface area (Å²) < 4.78 is 16.5. The molecule has 1 aromatic heterocycles. The van der Waals surface area contributed by atoms with Crippen LogP contribution in [0.15, 0.2) is 16.5 Å². The number of hydrogen-bond donors (Lipinski definition) is 2. The van der Waals surface area contributed by atoms with Gasteiger partial charge in [0, 0.05) is 5.41 Å². The van der Waals surface area contributed by atoms with E-state index in [1.807, 2.05) is 6.92 Å². The van der Waals surface area contributed by atoms with Crippen LogP contribution >= 0.6 is 0 Å². The second kappa shape index (κ2) is 5.18. The fourth-order valence-electron chi connectivity index (χ4n) is 1.77. The molecule has 2 N–H and O–H groups in total. The standard InChI is InChI=1S/C12H18O5/c1-2-12(6-14)7-15-11(16-8-12)10-4-3-9(5-13)17-10/h3-4,11,13-14H,2,5-8H2,1H3. The molecule has 0 unspecified atom stereocenters. The van der Waals surface area contributed by atoms with E-state index in [-0.39, 0.29) is 18.6 Å². The minimum absolute atomic E-state index is 0.0518. The van der Waals surface area contributed by atoms with Gasteiger partial charge < -0.3 is 24.1 Å². The number of aliphatic hydroxyl groups is 2. The molecule has 1 aliphatic heterocycles. The van der Waals surface area contributed by atoms with Crippen LogP contribution in [0.3, 0.4) is 0 Å². The molecule has 0 bridgehead atoms. The molecule has 1 aliphatic rings. The Labute approximate surface area is 100.0 Å². The van der Waals surface area contributed by atoms with E-state index in [1.165, 1.54) is 0 Å². The highest BCUT2D eigenvalue weighted by atomic mass is 16.7. The maximum absolute atomic E-state index is 9.32. The number of furan rings is 1. The van der Waals surface area contributed by atoms with E-state index >= 15 is 0 Å². The van der Waals surface area contributed by atoms with Gasteiger partial charge in [0.2, 0.25) is 6.29 Å². The zero-order valence-electron chi connectivity index (χ0n) is 9.89. The number of aliphatic hydroxyl groups excluding tert-OH is 2. The van der Waals surface area contributed by atoms with Crippen molar-refractivity contribution >= 4 is 0 Å². The second-order valence-corrected chi connectivity index (χ2v) is 4.43. The molecule has 5 nitrogen and oxygen atoms in total. The van der Waals surface area contributed by atoms with E-state index in [2.05, 4.69) is 0 Å². The van der Waals surface area contributed by atoms with Crippen LogP contribution in [0.1, 0.15) is 31.2 Å². The molecule has 0 amide bonds. The van der Waals surface area contributed by atoms with Crippen LogP contribution < -0.4 is 0 Å². The lowest BCUT2D eigenvalue weighted by atomic mass is 9.87. The number of hydrogen-bond acceptors (Lipinski definition) is 5. The van der Waals surface area contributed by atoms with E-state index in [9.17, 15) is 5.11 Å². The largest absolute Gasteiger partial charge is 0.458 e. The van der Waals surface area contributed by atoms with Gasteiger partial charge in [0.15, 0.2) is 5.76 Å². The maximum atomic E-state index is 9.32. The summed E-state index contributed by atoms with van der Waals surface area (Å²) in [5, 5.41) is 18.2. The highest BCUT2D eigenvalue weighted by Gasteiger charge is 2.36. The van der Waals surface area contributed by atoms with Gasteiger partial charge >= 0.3 is 0 Å². The third-order valence-corrected chi connectivity index (χ3v) is 3.24. The fourth-order valence-corrected chi connectivity index (χ4v) is 1.77. The quantitative estimate of drug-likeness (QED) is 0.830. The van der Waals surface area contributed by atoms with Crippen molar-refractivity contribution in [1.29, 1.82) is 0 Å². The first kappa shape index (κ1) is 12.6. The van der Waals surface area contributed by atoms with Gasteiger partial charge in [-0.1, -0.05) is 6.92 Å². The van der Waals surface area contributed by atoms with E-state index in [0.29, 0.717) is 24.7 Å². The second-order valence-electron chi connectivity index (χ2n) is 4.43. The molecular formula is C12H18O5. The van der Waals surface area contributed by atoms with Gasteiger partial charge in [0.1, 0.15) is 12.4 Å². The summed E-state index contributed by atoms with van der Waals surface area (Å²) in [5.74, 6) is 1.04. The van der Waals surface area contributed by atoms with Gasteiger partial charge in [0.25, 0.3) is 0 Å². The predicted octanol–water partition coefficient (Wildman–Crippen LogP) is 1.21. The summed E-state index contributed by atoms with van der Waals surface area (Å²) in [7, 11) is 0. The highest BCUT2D eigenvalue weighted by Crippen LogP contribution is 2.34. The van der Waals surface area contributed by atoms with Crippen LogP contribution in [-0.2, 0) is 16.1 Å². The molecular weight excluding hydrogens is 224 g/mol. The Hall–Kier alpha value is -0.880. The van der Waals surface area contributed by atoms with Gasteiger partial charge in [-0.3, -0.25) is 0 Å². The lowest BCUT2D eigenvalue weighted by molar-refractivity contribution is -0.248. The zero-order valence-corrected chi connectivity index (χ0v) is 9.89. The van der Waals surface area contributed by atoms with Crippen molar-refractivity contribution in [3.05, 3.63) is 23.7 Å². The Morgan fingerprint density at radius 2 is 2.00 bits per heavy atom. The van der Waals surface area contributed by atoms with Crippen molar-refractivity contribution in [2.75, 3.05) is 19.8 Å². The molecule has 2 heterocycles. The lowest BCUT2D eigenvalue weighted by Gasteiger charge is -2.37. The Bertz CT molecular complexity index is 346. The van der Waals surface area contributed by atoms with E-state index in [0.717, 1.165) is 6.42 Å². The topological polar surface area (TPSA) is 72.1 Å². The van der Waals surface area contributed by atoms with Crippen LogP contribution in [0.4, 0.5) is 0 Å². The van der Waals surface area contributed by atoms with E-state index < -0.39 is 6.29 Å². The average Bonchev–Trinajstić information content (AvgIpc) is 2.87. The smallest absolute Gasteiger partial charge is 0.217 e. The molecule has 1 fully saturated rings. The maximum Gasteiger partial charge on any atom is 0.217 e. The minimum Gasteiger partial charge on any atom is -0.458 e. The zero-order chi connectivity index (χ0) is 12.3. The number of rotatable bonds is 4. The SMILES string of the molecule is CCC1(CO)COC(c2ccc(CO)o2)OC1. The Morgan fingerprint density at radius 3 is 2.47 bits per heavy atom. The van der Waals surface area contributed by atoms with Crippen LogP contribution in [0.25, 0.3) is 0 Å². The first-order chi connectivity index (χ1) is 8.23. The average molecular weight is 242 g/mol. The fraction of sp³-hybridized carbons (Fsp3) is 0.667. The Kier molecular flexibility index (Phi) is 3.83. The van der Waals surface area contributed by atoms with Gasteiger partial charge in [-0.25, -0.2) is 0 Å². The highest BCUT2D eigenvalue weighted by molar-refractivity contribution is 5.08. The van der Waals surface area contributed by atoms with Crippen LogP contribution in [0.5, 0.6) is 0 Å². The normalized spacial score (nSPS) is 29.5. The Balaban J connectivity index is 1.99. The first-order valence-electron chi connectivity index (χ1n) is 5.76. The summed E-state index contributed by atoms with van der Waals surface area (Å²) in [6.07, 6.45) is 0.262. The lowest BCUT2D eigenvalue weighted by Crippen LogP contribution is -2.41. The summed E-state index contributed by atoms with van der Waals surface area (Å²) in [4.78, 5) is 0. The third kappa shape index (κ3) is 2.52. The molecule has 0 spiro atoms. The molecule has 0 saturated carbocycles. The van der Waals surface area contributed by atoms with E-state index in [4.69, 9.17) is 19.0 Å². The Morgan fingerprint density at radius 1 is 1.29 bits per heavy atom. The van der Waals surface area contributed by atoms with Crippen molar-refractivity contribution in [2.24, 2.45) is 5.41 Å². The molecule has 0 aliphatic carbocycles. The predicted molar refractivity (Wildman–Crippen MR) is 59.1 cm³/mol. The summed E-state index contributed by atoms with van der Waals surface area (Å²) in [5.41, 5.74) is -0.303. The molecule has 5 heteroatoms. The van der Waals surface area contributed by atoms with Gasteiger partial charge in [-0.15, -0.1) is 0 Å². The van der Waals surface area contributed by atoms with Crippen LogP contribution in [0.2, 0.25) is 0 Å². The van der Waals surface area contributed by atoms with Crippen LogP contribution in [0, 0.1) is 5.41 Å². The molecule has 1 saturated heterocycles. The molecule has 2 rings (SSSR count). The van der Waals surface area contributed by atoms with Crippen molar-refractivity contribution in [2.45, 2.75) is 26.2 Å². The van der Waals surface area contributed by atoms with Crippen molar-refractivity contribution < 1.29 is 24.1 Å². The summed E-state index contributed by atoms with van der Waals surface area (Å²) in [6.45, 7) is 2.80. The summed E-state index contributed by atoms with van der Waals surface area (Å²) >= 11 is 0. The molecule has 0 radical (unpaired) electrons. The van der Waals surface area contributed by atoms with Crippen molar-refractivity contribution in [1.82, 2.24) is 0 Å². The molecule has 1 aromatic rings. The van der Waals surface area contributed by atoms with E-state index in [1.54, 1.807) is 12.1 Å². The molecule has 96 valence electrons. The van der Waals surface area contributed by atoms with Gasteiger partial charge in [-0.05, 0) is 18.6 Å². The molecule has 17 heavy (non-hydrogen) atoms. The monoisotopic (exact) mass is 242 g/mol. The van der Waals surface area contributed by atoms with Crippen molar-refractivity contribution in [3.63, 3.8) is 0 Å². The van der Waals surface area contributed by atoms with Crippen molar-refractivity contribution in [3.8, 4) is 0 Å². The number of ether oxygens (including phenoxy) is 2. The van der Waals surface area contributed by atoms with Gasteiger partial charge in [0.05, 0.1) is 19.8 Å². The molecule has 0 atom stereocenters. The summed E-state index contributed by atoms with van der Waals surface area (Å²) in [6, 6.07) is 3.42. The van der Waals surface area contributed by atoms with Crippen LogP contribution in [-0.4, -0.2) is 30.0 Å².